The Morgan fingerprint density at radius 3 is 2.77 bits per heavy atom. The first-order chi connectivity index (χ1) is 6.19. The molecule has 0 fully saturated rings. The monoisotopic (exact) mass is 203 g/mol. The Morgan fingerprint density at radius 2 is 2.23 bits per heavy atom. The minimum Gasteiger partial charge on any atom is -0.495 e. The van der Waals surface area contributed by atoms with Crippen LogP contribution in [0.4, 0.5) is 4.39 Å². The molecule has 1 rings (SSSR count). The van der Waals surface area contributed by atoms with Crippen molar-refractivity contribution < 1.29 is 9.13 Å². The zero-order valence-corrected chi connectivity index (χ0v) is 8.07. The van der Waals surface area contributed by atoms with Crippen LogP contribution in [0.3, 0.4) is 0 Å². The molecule has 2 N–H and O–H groups in total. The van der Waals surface area contributed by atoms with Crippen molar-refractivity contribution in [2.24, 2.45) is 5.73 Å². The molecule has 0 aliphatic heterocycles. The number of halogens is 2. The second-order valence-electron chi connectivity index (χ2n) is 2.62. The molecular weight excluding hydrogens is 193 g/mol. The van der Waals surface area contributed by atoms with E-state index in [-0.39, 0.29) is 10.8 Å². The van der Waals surface area contributed by atoms with Gasteiger partial charge in [0.25, 0.3) is 0 Å². The van der Waals surface area contributed by atoms with Crippen molar-refractivity contribution >= 4 is 11.6 Å². The summed E-state index contributed by atoms with van der Waals surface area (Å²) in [6.45, 7) is 0.404. The molecule has 0 heterocycles. The van der Waals surface area contributed by atoms with Crippen molar-refractivity contribution in [3.8, 4) is 5.75 Å². The molecule has 1 aromatic carbocycles. The highest BCUT2D eigenvalue weighted by Gasteiger charge is 2.07. The van der Waals surface area contributed by atoms with Crippen LogP contribution in [0.15, 0.2) is 12.1 Å². The summed E-state index contributed by atoms with van der Waals surface area (Å²) in [5, 5.41) is 0.278. The average Bonchev–Trinajstić information content (AvgIpc) is 2.10. The lowest BCUT2D eigenvalue weighted by atomic mass is 10.1. The van der Waals surface area contributed by atoms with Crippen LogP contribution in [0, 0.1) is 5.82 Å². The van der Waals surface area contributed by atoms with E-state index in [1.807, 2.05) is 0 Å². The number of methoxy groups -OCH3 is 1. The molecule has 13 heavy (non-hydrogen) atoms. The maximum Gasteiger partial charge on any atom is 0.137 e. The van der Waals surface area contributed by atoms with Crippen LogP contribution in [-0.4, -0.2) is 13.7 Å². The van der Waals surface area contributed by atoms with Crippen LogP contribution < -0.4 is 10.5 Å². The fraction of sp³-hybridized carbons (Fsp3) is 0.333. The molecule has 0 aliphatic rings. The van der Waals surface area contributed by atoms with E-state index in [1.54, 1.807) is 6.07 Å². The number of hydrogen-bond acceptors (Lipinski definition) is 2. The molecule has 0 bridgehead atoms. The van der Waals surface area contributed by atoms with Crippen molar-refractivity contribution in [2.75, 3.05) is 13.7 Å². The Bertz CT molecular complexity index is 304. The van der Waals surface area contributed by atoms with Crippen LogP contribution in [0.1, 0.15) is 5.56 Å². The molecule has 0 aliphatic carbocycles. The maximum absolute atomic E-state index is 13.2. The van der Waals surface area contributed by atoms with Gasteiger partial charge in [0.15, 0.2) is 0 Å². The molecular formula is C9H11ClFNO. The van der Waals surface area contributed by atoms with Gasteiger partial charge in [-0.3, -0.25) is 0 Å². The highest BCUT2D eigenvalue weighted by molar-refractivity contribution is 6.32. The lowest BCUT2D eigenvalue weighted by molar-refractivity contribution is 0.413. The number of nitrogens with two attached hydrogens (primary N) is 1. The molecule has 0 saturated heterocycles. The van der Waals surface area contributed by atoms with Gasteiger partial charge in [0.05, 0.1) is 12.1 Å². The fourth-order valence-electron chi connectivity index (χ4n) is 1.07. The van der Waals surface area contributed by atoms with Crippen molar-refractivity contribution in [3.63, 3.8) is 0 Å². The van der Waals surface area contributed by atoms with Crippen LogP contribution in [-0.2, 0) is 6.42 Å². The normalized spacial score (nSPS) is 10.2. The van der Waals surface area contributed by atoms with E-state index in [9.17, 15) is 4.39 Å². The van der Waals surface area contributed by atoms with E-state index in [4.69, 9.17) is 22.1 Å². The molecule has 0 radical (unpaired) electrons. The molecule has 2 nitrogen and oxygen atoms in total. The van der Waals surface area contributed by atoms with Gasteiger partial charge < -0.3 is 10.5 Å². The lowest BCUT2D eigenvalue weighted by Crippen LogP contribution is -2.04. The summed E-state index contributed by atoms with van der Waals surface area (Å²) in [6, 6.07) is 2.82. The summed E-state index contributed by atoms with van der Waals surface area (Å²) in [7, 11) is 1.49. The van der Waals surface area contributed by atoms with Crippen molar-refractivity contribution in [1.82, 2.24) is 0 Å². The third kappa shape index (κ3) is 2.32. The van der Waals surface area contributed by atoms with Crippen LogP contribution in [0.5, 0.6) is 5.75 Å². The lowest BCUT2D eigenvalue weighted by Gasteiger charge is -2.06. The highest BCUT2D eigenvalue weighted by atomic mass is 35.5. The third-order valence-corrected chi connectivity index (χ3v) is 2.03. The van der Waals surface area contributed by atoms with Gasteiger partial charge in [-0.15, -0.1) is 0 Å². The van der Waals surface area contributed by atoms with Crippen LogP contribution in [0.25, 0.3) is 0 Å². The van der Waals surface area contributed by atoms with E-state index in [2.05, 4.69) is 0 Å². The SMILES string of the molecule is COc1cc(CCN)c(F)cc1Cl. The topological polar surface area (TPSA) is 35.2 Å². The standard InChI is InChI=1S/C9H11ClFNO/c1-13-9-4-6(2-3-12)8(11)5-7(9)10/h4-5H,2-3,12H2,1H3. The predicted molar refractivity (Wildman–Crippen MR) is 50.7 cm³/mol. The number of hydrogen-bond donors (Lipinski definition) is 1. The largest absolute Gasteiger partial charge is 0.495 e. The van der Waals surface area contributed by atoms with Gasteiger partial charge in [-0.25, -0.2) is 4.39 Å². The quantitative estimate of drug-likeness (QED) is 0.816. The summed E-state index contributed by atoms with van der Waals surface area (Å²) in [5.74, 6) is 0.141. The average molecular weight is 204 g/mol. The van der Waals surface area contributed by atoms with Crippen molar-refractivity contribution in [2.45, 2.75) is 6.42 Å². The van der Waals surface area contributed by atoms with Crippen molar-refractivity contribution in [3.05, 3.63) is 28.5 Å². The summed E-state index contributed by atoms with van der Waals surface area (Å²) in [6.07, 6.45) is 0.485. The molecule has 0 saturated carbocycles. The molecule has 0 aromatic heterocycles. The zero-order valence-electron chi connectivity index (χ0n) is 7.31. The summed E-state index contributed by atoms with van der Waals surface area (Å²) >= 11 is 5.71. The van der Waals surface area contributed by atoms with Gasteiger partial charge in [-0.2, -0.15) is 0 Å². The smallest absolute Gasteiger partial charge is 0.137 e. The van der Waals surface area contributed by atoms with Crippen LogP contribution >= 0.6 is 11.6 Å². The first kappa shape index (κ1) is 10.3. The maximum atomic E-state index is 13.2. The Balaban J connectivity index is 3.06. The van der Waals surface area contributed by atoms with E-state index < -0.39 is 0 Å². The number of rotatable bonds is 3. The highest BCUT2D eigenvalue weighted by Crippen LogP contribution is 2.27. The van der Waals surface area contributed by atoms with Gasteiger partial charge in [0, 0.05) is 0 Å². The van der Waals surface area contributed by atoms with Gasteiger partial charge in [0.2, 0.25) is 0 Å². The van der Waals surface area contributed by atoms with Gasteiger partial charge in [0.1, 0.15) is 11.6 Å². The zero-order chi connectivity index (χ0) is 9.84. The molecule has 72 valence electrons. The molecule has 0 spiro atoms. The van der Waals surface area contributed by atoms with Gasteiger partial charge in [-0.05, 0) is 30.7 Å². The summed E-state index contributed by atoms with van der Waals surface area (Å²) in [5.41, 5.74) is 5.85. The minimum absolute atomic E-state index is 0.278. The number of benzene rings is 1. The first-order valence-corrected chi connectivity index (χ1v) is 4.28. The van der Waals surface area contributed by atoms with Gasteiger partial charge in [-0.1, -0.05) is 11.6 Å². The molecule has 0 unspecified atom stereocenters. The van der Waals surface area contributed by atoms with E-state index >= 15 is 0 Å². The third-order valence-electron chi connectivity index (χ3n) is 1.73. The summed E-state index contributed by atoms with van der Waals surface area (Å²) in [4.78, 5) is 0. The van der Waals surface area contributed by atoms with Gasteiger partial charge >= 0.3 is 0 Å². The second kappa shape index (κ2) is 4.44. The number of ether oxygens (including phenoxy) is 1. The minimum atomic E-state index is -0.337. The van der Waals surface area contributed by atoms with E-state index in [1.165, 1.54) is 13.2 Å². The summed E-state index contributed by atoms with van der Waals surface area (Å²) < 4.78 is 18.1. The Labute approximate surface area is 81.4 Å². The fourth-order valence-corrected chi connectivity index (χ4v) is 1.30. The Kier molecular flexibility index (Phi) is 3.51. The van der Waals surface area contributed by atoms with E-state index in [0.717, 1.165) is 0 Å². The van der Waals surface area contributed by atoms with Crippen LogP contribution in [0.2, 0.25) is 5.02 Å². The molecule has 4 heteroatoms. The Morgan fingerprint density at radius 1 is 1.54 bits per heavy atom. The Hall–Kier alpha value is -0.800. The molecule has 0 atom stereocenters. The predicted octanol–water partition coefficient (Wildman–Crippen LogP) is 1.99. The van der Waals surface area contributed by atoms with Crippen molar-refractivity contribution in [1.29, 1.82) is 0 Å². The second-order valence-corrected chi connectivity index (χ2v) is 3.02. The molecule has 0 amide bonds. The molecule has 1 aromatic rings. The van der Waals surface area contributed by atoms with E-state index in [0.29, 0.717) is 24.3 Å². The first-order valence-electron chi connectivity index (χ1n) is 3.91.